The molecule has 1 aliphatic heterocycles. The van der Waals surface area contributed by atoms with E-state index in [-0.39, 0.29) is 1.43 Å². The number of rotatable bonds is 3. The molecular formula is C13H32N2. The predicted octanol–water partition coefficient (Wildman–Crippen LogP) is 2.99. The van der Waals surface area contributed by atoms with Crippen LogP contribution in [0.5, 0.6) is 0 Å². The monoisotopic (exact) mass is 216 g/mol. The fourth-order valence-corrected chi connectivity index (χ4v) is 1.86. The maximum Gasteiger partial charge on any atom is 0 e. The Balaban J connectivity index is 0. The van der Waals surface area contributed by atoms with Crippen LogP contribution in [0.25, 0.3) is 0 Å². The summed E-state index contributed by atoms with van der Waals surface area (Å²) in [7, 11) is 1.93. The number of hydrogen-bond donors (Lipinski definition) is 1. The summed E-state index contributed by atoms with van der Waals surface area (Å²) >= 11 is 0. The van der Waals surface area contributed by atoms with Crippen molar-refractivity contribution in [2.75, 3.05) is 33.2 Å². The summed E-state index contributed by atoms with van der Waals surface area (Å²) in [5, 5.41) is 2.93. The van der Waals surface area contributed by atoms with Gasteiger partial charge >= 0.3 is 0 Å². The molecule has 1 N–H and O–H groups in total. The fraction of sp³-hybridized carbons (Fsp3) is 1.00. The standard InChI is InChI=1S/C10H21N.C3H9N.H2/c1-3-7-11-8-4-5-10(2)6-9-11;1-3-4-2;/h10H,3-9H2,1-2H3;4H,3H2,1-2H3;1H. The number of nitrogens with zero attached hydrogens (tertiary/aromatic N) is 1. The van der Waals surface area contributed by atoms with E-state index in [1.54, 1.807) is 0 Å². The summed E-state index contributed by atoms with van der Waals surface area (Å²) < 4.78 is 0. The molecule has 15 heavy (non-hydrogen) atoms. The Morgan fingerprint density at radius 2 is 1.93 bits per heavy atom. The third kappa shape index (κ3) is 8.88. The Morgan fingerprint density at radius 1 is 1.27 bits per heavy atom. The van der Waals surface area contributed by atoms with E-state index in [9.17, 15) is 0 Å². The molecule has 0 radical (unpaired) electrons. The van der Waals surface area contributed by atoms with E-state index in [0.29, 0.717) is 0 Å². The van der Waals surface area contributed by atoms with Crippen molar-refractivity contribution >= 4 is 0 Å². The minimum atomic E-state index is 0. The zero-order valence-corrected chi connectivity index (χ0v) is 11.2. The first-order chi connectivity index (χ1) is 7.24. The molecule has 1 heterocycles. The molecule has 0 bridgehead atoms. The van der Waals surface area contributed by atoms with Crippen LogP contribution in [-0.4, -0.2) is 38.1 Å². The van der Waals surface area contributed by atoms with Gasteiger partial charge in [0.15, 0.2) is 0 Å². The van der Waals surface area contributed by atoms with E-state index in [4.69, 9.17) is 0 Å². The van der Waals surface area contributed by atoms with E-state index in [2.05, 4.69) is 31.0 Å². The van der Waals surface area contributed by atoms with Gasteiger partial charge in [0, 0.05) is 1.43 Å². The van der Waals surface area contributed by atoms with Gasteiger partial charge in [0.25, 0.3) is 0 Å². The lowest BCUT2D eigenvalue weighted by atomic mass is 10.0. The summed E-state index contributed by atoms with van der Waals surface area (Å²) in [6.45, 7) is 11.8. The Hall–Kier alpha value is -0.0800. The summed E-state index contributed by atoms with van der Waals surface area (Å²) in [5.41, 5.74) is 0. The van der Waals surface area contributed by atoms with Crippen LogP contribution in [0.4, 0.5) is 0 Å². The average molecular weight is 216 g/mol. The van der Waals surface area contributed by atoms with E-state index in [1.165, 1.54) is 45.3 Å². The van der Waals surface area contributed by atoms with Gasteiger partial charge in [-0.05, 0) is 64.8 Å². The quantitative estimate of drug-likeness (QED) is 0.780. The maximum atomic E-state index is 2.93. The molecule has 1 fully saturated rings. The smallest absolute Gasteiger partial charge is 0 e. The lowest BCUT2D eigenvalue weighted by Crippen LogP contribution is -2.25. The van der Waals surface area contributed by atoms with Gasteiger partial charge in [0.1, 0.15) is 0 Å². The second kappa shape index (κ2) is 10.4. The van der Waals surface area contributed by atoms with Crippen LogP contribution in [0, 0.1) is 5.92 Å². The SMILES string of the molecule is CCCN1CCCC(C)CC1.CCNC.[HH]. The van der Waals surface area contributed by atoms with Crippen molar-refractivity contribution in [3.05, 3.63) is 0 Å². The first-order valence-electron chi connectivity index (χ1n) is 6.61. The summed E-state index contributed by atoms with van der Waals surface area (Å²) in [5.74, 6) is 0.969. The van der Waals surface area contributed by atoms with Crippen molar-refractivity contribution < 1.29 is 1.43 Å². The zero-order chi connectivity index (χ0) is 11.5. The molecule has 2 nitrogen and oxygen atoms in total. The van der Waals surface area contributed by atoms with Crippen molar-refractivity contribution in [2.45, 2.75) is 46.5 Å². The molecule has 0 amide bonds. The van der Waals surface area contributed by atoms with Crippen LogP contribution in [-0.2, 0) is 0 Å². The highest BCUT2D eigenvalue weighted by atomic mass is 15.1. The van der Waals surface area contributed by atoms with Crippen molar-refractivity contribution in [3.63, 3.8) is 0 Å². The van der Waals surface area contributed by atoms with Crippen LogP contribution in [0.15, 0.2) is 0 Å². The summed E-state index contributed by atoms with van der Waals surface area (Å²) in [6.07, 6.45) is 5.59. The van der Waals surface area contributed by atoms with Gasteiger partial charge in [0.05, 0.1) is 0 Å². The van der Waals surface area contributed by atoms with Crippen LogP contribution >= 0.6 is 0 Å². The molecule has 94 valence electrons. The van der Waals surface area contributed by atoms with Crippen molar-refractivity contribution in [3.8, 4) is 0 Å². The molecule has 0 aromatic rings. The Labute approximate surface area is 97.9 Å². The Bertz CT molecular complexity index is 129. The molecule has 0 aliphatic carbocycles. The largest absolute Gasteiger partial charge is 0.320 e. The number of likely N-dealkylation sites (tertiary alicyclic amines) is 1. The van der Waals surface area contributed by atoms with Gasteiger partial charge < -0.3 is 10.2 Å². The molecule has 0 aromatic carbocycles. The van der Waals surface area contributed by atoms with E-state index in [1.807, 2.05) is 7.05 Å². The van der Waals surface area contributed by atoms with E-state index >= 15 is 0 Å². The van der Waals surface area contributed by atoms with E-state index < -0.39 is 0 Å². The summed E-state index contributed by atoms with van der Waals surface area (Å²) in [6, 6.07) is 0. The third-order valence-corrected chi connectivity index (χ3v) is 3.00. The van der Waals surface area contributed by atoms with Gasteiger partial charge in [-0.25, -0.2) is 0 Å². The van der Waals surface area contributed by atoms with E-state index in [0.717, 1.165) is 12.5 Å². The minimum absolute atomic E-state index is 0. The zero-order valence-electron chi connectivity index (χ0n) is 11.2. The fourth-order valence-electron chi connectivity index (χ4n) is 1.86. The highest BCUT2D eigenvalue weighted by Gasteiger charge is 2.11. The maximum absolute atomic E-state index is 2.93. The van der Waals surface area contributed by atoms with Crippen molar-refractivity contribution in [1.82, 2.24) is 10.2 Å². The van der Waals surface area contributed by atoms with Crippen LogP contribution in [0.2, 0.25) is 0 Å². The molecule has 1 atom stereocenters. The lowest BCUT2D eigenvalue weighted by Gasteiger charge is -2.18. The minimum Gasteiger partial charge on any atom is -0.320 e. The highest BCUT2D eigenvalue weighted by Crippen LogP contribution is 2.16. The van der Waals surface area contributed by atoms with Crippen LogP contribution in [0.3, 0.4) is 0 Å². The van der Waals surface area contributed by atoms with Gasteiger partial charge in [-0.3, -0.25) is 0 Å². The third-order valence-electron chi connectivity index (χ3n) is 3.00. The first-order valence-corrected chi connectivity index (χ1v) is 6.61. The molecule has 2 heteroatoms. The molecule has 1 aliphatic rings. The van der Waals surface area contributed by atoms with Crippen LogP contribution < -0.4 is 5.32 Å². The van der Waals surface area contributed by atoms with Gasteiger partial charge in [-0.2, -0.15) is 0 Å². The average Bonchev–Trinajstić information content (AvgIpc) is 2.45. The molecule has 1 rings (SSSR count). The highest BCUT2D eigenvalue weighted by molar-refractivity contribution is 4.66. The molecule has 0 spiro atoms. The van der Waals surface area contributed by atoms with Crippen LogP contribution in [0.1, 0.15) is 47.9 Å². The van der Waals surface area contributed by atoms with Gasteiger partial charge in [-0.15, -0.1) is 0 Å². The Kier molecular flexibility index (Phi) is 10.4. The van der Waals surface area contributed by atoms with Crippen molar-refractivity contribution in [1.29, 1.82) is 0 Å². The van der Waals surface area contributed by atoms with Gasteiger partial charge in [0.2, 0.25) is 0 Å². The normalized spacial score (nSPS) is 22.8. The molecule has 1 unspecified atom stereocenters. The summed E-state index contributed by atoms with van der Waals surface area (Å²) in [4.78, 5) is 2.61. The molecule has 1 saturated heterocycles. The first kappa shape index (κ1) is 14.9. The predicted molar refractivity (Wildman–Crippen MR) is 71.5 cm³/mol. The Morgan fingerprint density at radius 3 is 2.47 bits per heavy atom. The molecule has 0 saturated carbocycles. The molecular weight excluding hydrogens is 184 g/mol. The number of nitrogens with one attached hydrogen (secondary N) is 1. The van der Waals surface area contributed by atoms with Gasteiger partial charge in [-0.1, -0.05) is 20.8 Å². The molecule has 0 aromatic heterocycles. The second-order valence-corrected chi connectivity index (χ2v) is 4.58. The second-order valence-electron chi connectivity index (χ2n) is 4.58. The number of hydrogen-bond acceptors (Lipinski definition) is 2. The van der Waals surface area contributed by atoms with Crippen molar-refractivity contribution in [2.24, 2.45) is 5.92 Å². The lowest BCUT2D eigenvalue weighted by molar-refractivity contribution is 0.282. The topological polar surface area (TPSA) is 15.3 Å².